The number of hydrogen-bond acceptors (Lipinski definition) is 3. The Morgan fingerprint density at radius 1 is 1.44 bits per heavy atom. The van der Waals surface area contributed by atoms with E-state index >= 15 is 0 Å². The Bertz CT molecular complexity index is 317. The highest BCUT2D eigenvalue weighted by Crippen LogP contribution is 2.19. The van der Waals surface area contributed by atoms with Crippen LogP contribution in [0.4, 0.5) is 0 Å². The summed E-state index contributed by atoms with van der Waals surface area (Å²) in [5.41, 5.74) is 0. The van der Waals surface area contributed by atoms with Crippen molar-refractivity contribution in [2.45, 2.75) is 31.8 Å². The maximum absolute atomic E-state index is 11.2. The van der Waals surface area contributed by atoms with Gasteiger partial charge in [-0.05, 0) is 25.3 Å². The summed E-state index contributed by atoms with van der Waals surface area (Å²) < 4.78 is 0. The second-order valence-corrected chi connectivity index (χ2v) is 3.85. The van der Waals surface area contributed by atoms with E-state index in [1.54, 1.807) is 0 Å². The Morgan fingerprint density at radius 3 is 2.75 bits per heavy atom. The monoisotopic (exact) mass is 224 g/mol. The van der Waals surface area contributed by atoms with Crippen LogP contribution in [0.2, 0.25) is 0 Å². The highest BCUT2D eigenvalue weighted by Gasteiger charge is 2.26. The normalized spacial score (nSPS) is 24.4. The van der Waals surface area contributed by atoms with Gasteiger partial charge in [-0.15, -0.1) is 0 Å². The molecule has 2 N–H and O–H groups in total. The maximum Gasteiger partial charge on any atom is 0.303 e. The summed E-state index contributed by atoms with van der Waals surface area (Å²) in [4.78, 5) is 21.5. The van der Waals surface area contributed by atoms with Crippen molar-refractivity contribution < 1.29 is 19.8 Å². The number of carboxylic acid groups (broad SMARTS) is 1. The molecule has 0 aromatic carbocycles. The first-order valence-electron chi connectivity index (χ1n) is 5.38. The topological polar surface area (TPSA) is 74.6 Å². The Hall–Kier alpha value is -1.42. The number of rotatable bonds is 6. The molecule has 2 unspecified atom stereocenters. The van der Waals surface area contributed by atoms with Gasteiger partial charge in [-0.2, -0.15) is 0 Å². The van der Waals surface area contributed by atoms with E-state index in [9.17, 15) is 14.7 Å². The summed E-state index contributed by atoms with van der Waals surface area (Å²) in [5.74, 6) is -1.18. The summed E-state index contributed by atoms with van der Waals surface area (Å²) in [7, 11) is 0. The molecule has 4 heteroatoms. The van der Waals surface area contributed by atoms with Gasteiger partial charge >= 0.3 is 5.97 Å². The minimum absolute atomic E-state index is 0.0392. The zero-order chi connectivity index (χ0) is 12.0. The van der Waals surface area contributed by atoms with Gasteiger partial charge in [0, 0.05) is 6.42 Å². The summed E-state index contributed by atoms with van der Waals surface area (Å²) in [6.45, 7) is 0. The van der Waals surface area contributed by atoms with E-state index in [0.29, 0.717) is 19.3 Å². The molecule has 0 spiro atoms. The first-order valence-corrected chi connectivity index (χ1v) is 5.38. The molecule has 0 bridgehead atoms. The lowest BCUT2D eigenvalue weighted by Crippen LogP contribution is -2.18. The number of allylic oxidation sites excluding steroid dienone is 3. The number of carbonyl (C=O) groups is 2. The zero-order valence-corrected chi connectivity index (χ0v) is 9.00. The molecule has 4 nitrogen and oxygen atoms in total. The molecule has 0 radical (unpaired) electrons. The molecule has 1 aliphatic rings. The van der Waals surface area contributed by atoms with Gasteiger partial charge in [-0.1, -0.05) is 18.2 Å². The molecule has 0 fully saturated rings. The van der Waals surface area contributed by atoms with E-state index < -0.39 is 12.1 Å². The van der Waals surface area contributed by atoms with Gasteiger partial charge in [0.25, 0.3) is 0 Å². The van der Waals surface area contributed by atoms with Gasteiger partial charge in [0.05, 0.1) is 12.0 Å². The van der Waals surface area contributed by atoms with Crippen LogP contribution in [0.1, 0.15) is 25.7 Å². The lowest BCUT2D eigenvalue weighted by atomic mass is 9.99. The summed E-state index contributed by atoms with van der Waals surface area (Å²) in [6.07, 6.45) is 7.91. The van der Waals surface area contributed by atoms with Gasteiger partial charge in [-0.3, -0.25) is 9.59 Å². The van der Waals surface area contributed by atoms with Gasteiger partial charge in [0.15, 0.2) is 5.78 Å². The first kappa shape index (κ1) is 12.6. The minimum Gasteiger partial charge on any atom is -0.481 e. The standard InChI is InChI=1S/C12H16O4/c13-10-7-8-11(14)9(10)5-3-1-2-4-6-12(15)16/h1,3,7-10,13H,2,4-6H2,(H,15,16)/b3-1+. The summed E-state index contributed by atoms with van der Waals surface area (Å²) >= 11 is 0. The third-order valence-corrected chi connectivity index (χ3v) is 2.55. The number of aliphatic hydroxyl groups excluding tert-OH is 1. The minimum atomic E-state index is -0.793. The number of ketones is 1. The molecule has 88 valence electrons. The van der Waals surface area contributed by atoms with Gasteiger partial charge in [0.1, 0.15) is 0 Å². The van der Waals surface area contributed by atoms with Crippen molar-refractivity contribution in [3.05, 3.63) is 24.3 Å². The second kappa shape index (κ2) is 6.23. The van der Waals surface area contributed by atoms with E-state index in [0.717, 1.165) is 0 Å². The molecule has 0 saturated carbocycles. The Labute approximate surface area is 94.3 Å². The molecular weight excluding hydrogens is 208 g/mol. The van der Waals surface area contributed by atoms with Crippen LogP contribution in [0.3, 0.4) is 0 Å². The smallest absolute Gasteiger partial charge is 0.303 e. The number of hydrogen-bond donors (Lipinski definition) is 2. The quantitative estimate of drug-likeness (QED) is 0.527. The molecule has 0 heterocycles. The zero-order valence-electron chi connectivity index (χ0n) is 9.00. The van der Waals surface area contributed by atoms with Gasteiger partial charge < -0.3 is 10.2 Å². The lowest BCUT2D eigenvalue weighted by molar-refractivity contribution is -0.137. The first-order chi connectivity index (χ1) is 7.61. The highest BCUT2D eigenvalue weighted by atomic mass is 16.4. The Morgan fingerprint density at radius 2 is 2.19 bits per heavy atom. The summed E-state index contributed by atoms with van der Waals surface area (Å²) in [5, 5.41) is 17.8. The predicted molar refractivity (Wildman–Crippen MR) is 58.9 cm³/mol. The van der Waals surface area contributed by atoms with Crippen LogP contribution in [0.5, 0.6) is 0 Å². The largest absolute Gasteiger partial charge is 0.481 e. The molecule has 0 aromatic heterocycles. The van der Waals surface area contributed by atoms with E-state index in [4.69, 9.17) is 5.11 Å². The van der Waals surface area contributed by atoms with Crippen LogP contribution in [0, 0.1) is 5.92 Å². The van der Waals surface area contributed by atoms with E-state index in [-0.39, 0.29) is 18.1 Å². The van der Waals surface area contributed by atoms with E-state index in [1.165, 1.54) is 12.2 Å². The lowest BCUT2D eigenvalue weighted by Gasteiger charge is -2.09. The molecule has 0 aromatic rings. The Kier molecular flexibility index (Phi) is 4.92. The molecule has 16 heavy (non-hydrogen) atoms. The number of carboxylic acids is 1. The molecule has 2 atom stereocenters. The third-order valence-electron chi connectivity index (χ3n) is 2.55. The average Bonchev–Trinajstić information content (AvgIpc) is 2.53. The average molecular weight is 224 g/mol. The molecule has 0 aliphatic heterocycles. The predicted octanol–water partition coefficient (Wildman–Crippen LogP) is 1.30. The fourth-order valence-corrected chi connectivity index (χ4v) is 1.61. The number of unbranched alkanes of at least 4 members (excludes halogenated alkanes) is 1. The van der Waals surface area contributed by atoms with Crippen molar-refractivity contribution in [2.24, 2.45) is 5.92 Å². The van der Waals surface area contributed by atoms with Gasteiger partial charge in [0.2, 0.25) is 0 Å². The molecule has 0 saturated heterocycles. The number of carbonyl (C=O) groups excluding carboxylic acids is 1. The van der Waals surface area contributed by atoms with E-state index in [1.807, 2.05) is 12.2 Å². The van der Waals surface area contributed by atoms with Crippen LogP contribution in [0.15, 0.2) is 24.3 Å². The second-order valence-electron chi connectivity index (χ2n) is 3.85. The van der Waals surface area contributed by atoms with Crippen molar-refractivity contribution in [1.29, 1.82) is 0 Å². The van der Waals surface area contributed by atoms with Crippen LogP contribution < -0.4 is 0 Å². The van der Waals surface area contributed by atoms with Crippen molar-refractivity contribution in [3.63, 3.8) is 0 Å². The van der Waals surface area contributed by atoms with Gasteiger partial charge in [-0.25, -0.2) is 0 Å². The third kappa shape index (κ3) is 3.98. The van der Waals surface area contributed by atoms with Crippen LogP contribution in [0.25, 0.3) is 0 Å². The number of aliphatic carboxylic acids is 1. The number of aliphatic hydroxyl groups is 1. The van der Waals surface area contributed by atoms with E-state index in [2.05, 4.69) is 0 Å². The fourth-order valence-electron chi connectivity index (χ4n) is 1.61. The van der Waals surface area contributed by atoms with Crippen LogP contribution in [-0.2, 0) is 9.59 Å². The molecule has 1 aliphatic carbocycles. The molecular formula is C12H16O4. The molecule has 0 amide bonds. The van der Waals surface area contributed by atoms with Crippen molar-refractivity contribution in [3.8, 4) is 0 Å². The van der Waals surface area contributed by atoms with Crippen molar-refractivity contribution in [2.75, 3.05) is 0 Å². The Balaban J connectivity index is 2.17. The molecule has 1 rings (SSSR count). The fraction of sp³-hybridized carbons (Fsp3) is 0.500. The highest BCUT2D eigenvalue weighted by molar-refractivity contribution is 5.95. The SMILES string of the molecule is O=C(O)CCC/C=C/CC1C(=O)C=CC1O. The van der Waals surface area contributed by atoms with Crippen LogP contribution in [-0.4, -0.2) is 28.1 Å². The van der Waals surface area contributed by atoms with Crippen molar-refractivity contribution in [1.82, 2.24) is 0 Å². The maximum atomic E-state index is 11.2. The van der Waals surface area contributed by atoms with Crippen LogP contribution >= 0.6 is 0 Å². The summed E-state index contributed by atoms with van der Waals surface area (Å²) in [6, 6.07) is 0. The van der Waals surface area contributed by atoms with Crippen molar-refractivity contribution >= 4 is 11.8 Å².